The Labute approximate surface area is 346 Å². The standard InChI is InChI=1S/C48H64N8O2/c1-5-9-33-55(34-10-6-2)43-29-25-41(26-30-43)53-51-39-21-17-37(18-22-39)47(57)49-45-15-13-14-16-46(45)50-48(58)38-19-23-40(24-20-38)52-54-42-27-31-44(32-28-42)56(35-11-7-3)36-12-8-4/h17-32,45-46H,5-16,33-36H2,1-4H3,(H,49,57)(H,50,58)/t45-,46-/m0/s1. The highest BCUT2D eigenvalue weighted by Gasteiger charge is 2.28. The third-order valence-electron chi connectivity index (χ3n) is 10.8. The van der Waals surface area contributed by atoms with Crippen LogP contribution in [0.1, 0.15) is 125 Å². The van der Waals surface area contributed by atoms with Crippen LogP contribution in [0.5, 0.6) is 0 Å². The predicted octanol–water partition coefficient (Wildman–Crippen LogP) is 12.8. The number of nitrogens with zero attached hydrogens (tertiary/aromatic N) is 6. The fourth-order valence-corrected chi connectivity index (χ4v) is 7.17. The monoisotopic (exact) mass is 785 g/mol. The van der Waals surface area contributed by atoms with Crippen molar-refractivity contribution in [1.29, 1.82) is 0 Å². The van der Waals surface area contributed by atoms with E-state index in [0.717, 1.165) is 63.2 Å². The Hall–Kier alpha value is -5.38. The van der Waals surface area contributed by atoms with Crippen molar-refractivity contribution in [1.82, 2.24) is 10.6 Å². The van der Waals surface area contributed by atoms with Crippen molar-refractivity contribution in [3.8, 4) is 0 Å². The first kappa shape index (κ1) is 43.7. The summed E-state index contributed by atoms with van der Waals surface area (Å²) in [5.41, 5.74) is 6.43. The van der Waals surface area contributed by atoms with Crippen molar-refractivity contribution in [2.45, 2.75) is 117 Å². The molecule has 1 saturated carbocycles. The summed E-state index contributed by atoms with van der Waals surface area (Å²) in [5, 5.41) is 24.1. The van der Waals surface area contributed by atoms with Crippen LogP contribution in [0, 0.1) is 0 Å². The van der Waals surface area contributed by atoms with Gasteiger partial charge >= 0.3 is 0 Å². The zero-order valence-electron chi connectivity index (χ0n) is 35.2. The molecule has 2 atom stereocenters. The summed E-state index contributed by atoms with van der Waals surface area (Å²) in [4.78, 5) is 31.6. The number of hydrogen-bond acceptors (Lipinski definition) is 8. The van der Waals surface area contributed by atoms with Gasteiger partial charge in [0.15, 0.2) is 0 Å². The highest BCUT2D eigenvalue weighted by Crippen LogP contribution is 2.26. The lowest BCUT2D eigenvalue weighted by atomic mass is 9.89. The minimum atomic E-state index is -0.171. The number of carbonyl (C=O) groups excluding carboxylic acids is 2. The van der Waals surface area contributed by atoms with E-state index in [2.05, 4.69) is 92.9 Å². The Morgan fingerprint density at radius 1 is 0.466 bits per heavy atom. The first-order valence-electron chi connectivity index (χ1n) is 21.8. The SMILES string of the molecule is CCCCN(CCCC)c1ccc(N=Nc2ccc(C(=O)N[C@H]3CCCC[C@@H]3NC(=O)c3ccc(N=Nc4ccc(N(CCCC)CCCC)cc4)cc3)cc2)cc1. The summed E-state index contributed by atoms with van der Waals surface area (Å²) in [6.45, 7) is 13.1. The Bertz CT molecular complexity index is 1720. The molecule has 5 rings (SSSR count). The molecule has 0 unspecified atom stereocenters. The van der Waals surface area contributed by atoms with E-state index in [1.54, 1.807) is 48.5 Å². The van der Waals surface area contributed by atoms with Gasteiger partial charge in [0, 0.05) is 60.8 Å². The summed E-state index contributed by atoms with van der Waals surface area (Å²) in [6.07, 6.45) is 13.0. The molecule has 1 aliphatic carbocycles. The molecule has 58 heavy (non-hydrogen) atoms. The average molecular weight is 785 g/mol. The maximum atomic E-state index is 13.3. The lowest BCUT2D eigenvalue weighted by Gasteiger charge is -2.33. The van der Waals surface area contributed by atoms with E-state index in [-0.39, 0.29) is 23.9 Å². The van der Waals surface area contributed by atoms with E-state index in [1.807, 2.05) is 24.3 Å². The number of nitrogens with one attached hydrogen (secondary N) is 2. The van der Waals surface area contributed by atoms with Crippen LogP contribution in [-0.2, 0) is 0 Å². The number of hydrogen-bond donors (Lipinski definition) is 2. The molecule has 1 aliphatic rings. The highest BCUT2D eigenvalue weighted by molar-refractivity contribution is 5.96. The van der Waals surface area contributed by atoms with Crippen LogP contribution in [0.4, 0.5) is 34.1 Å². The lowest BCUT2D eigenvalue weighted by molar-refractivity contribution is 0.0863. The molecule has 0 radical (unpaired) electrons. The second-order valence-electron chi connectivity index (χ2n) is 15.4. The van der Waals surface area contributed by atoms with Gasteiger partial charge in [0.05, 0.1) is 22.7 Å². The zero-order valence-corrected chi connectivity index (χ0v) is 35.2. The smallest absolute Gasteiger partial charge is 0.251 e. The third kappa shape index (κ3) is 13.6. The molecular formula is C48H64N8O2. The summed E-state index contributed by atoms with van der Waals surface area (Å²) in [5.74, 6) is -0.341. The first-order valence-corrected chi connectivity index (χ1v) is 21.8. The largest absolute Gasteiger partial charge is 0.372 e. The molecule has 4 aromatic carbocycles. The molecule has 10 heteroatoms. The van der Waals surface area contributed by atoms with Crippen LogP contribution < -0.4 is 20.4 Å². The molecule has 308 valence electrons. The molecule has 0 saturated heterocycles. The molecule has 4 aromatic rings. The second-order valence-corrected chi connectivity index (χ2v) is 15.4. The van der Waals surface area contributed by atoms with Crippen molar-refractivity contribution >= 4 is 45.9 Å². The van der Waals surface area contributed by atoms with Crippen molar-refractivity contribution in [2.24, 2.45) is 20.5 Å². The molecule has 10 nitrogen and oxygen atoms in total. The minimum Gasteiger partial charge on any atom is -0.372 e. The number of azo groups is 2. The number of rotatable bonds is 22. The Morgan fingerprint density at radius 3 is 1.02 bits per heavy atom. The number of anilines is 2. The Balaban J connectivity index is 1.11. The van der Waals surface area contributed by atoms with E-state index in [9.17, 15) is 9.59 Å². The fraction of sp³-hybridized carbons (Fsp3) is 0.458. The van der Waals surface area contributed by atoms with Gasteiger partial charge in [0.25, 0.3) is 11.8 Å². The molecule has 2 amide bonds. The van der Waals surface area contributed by atoms with E-state index >= 15 is 0 Å². The molecule has 2 N–H and O–H groups in total. The molecule has 0 aromatic heterocycles. The van der Waals surface area contributed by atoms with E-state index in [0.29, 0.717) is 22.5 Å². The van der Waals surface area contributed by atoms with Crippen molar-refractivity contribution < 1.29 is 9.59 Å². The van der Waals surface area contributed by atoms with Gasteiger partial charge in [-0.2, -0.15) is 20.5 Å². The van der Waals surface area contributed by atoms with Crippen LogP contribution >= 0.6 is 0 Å². The minimum absolute atomic E-state index is 0.169. The van der Waals surface area contributed by atoms with Gasteiger partial charge in [-0.25, -0.2) is 0 Å². The molecule has 0 spiro atoms. The predicted molar refractivity (Wildman–Crippen MR) is 239 cm³/mol. The van der Waals surface area contributed by atoms with Crippen LogP contribution in [-0.4, -0.2) is 50.1 Å². The van der Waals surface area contributed by atoms with Crippen molar-refractivity contribution in [2.75, 3.05) is 36.0 Å². The third-order valence-corrected chi connectivity index (χ3v) is 10.8. The second kappa shape index (κ2) is 23.8. The summed E-state index contributed by atoms with van der Waals surface area (Å²) in [6, 6.07) is 30.5. The maximum absolute atomic E-state index is 13.3. The van der Waals surface area contributed by atoms with E-state index < -0.39 is 0 Å². The molecular weight excluding hydrogens is 721 g/mol. The highest BCUT2D eigenvalue weighted by atomic mass is 16.2. The van der Waals surface area contributed by atoms with Gasteiger partial charge < -0.3 is 20.4 Å². The number of carbonyl (C=O) groups is 2. The van der Waals surface area contributed by atoms with Gasteiger partial charge in [-0.1, -0.05) is 66.2 Å². The quantitative estimate of drug-likeness (QED) is 0.0772. The Morgan fingerprint density at radius 2 is 0.741 bits per heavy atom. The van der Waals surface area contributed by atoms with Crippen LogP contribution in [0.3, 0.4) is 0 Å². The van der Waals surface area contributed by atoms with Gasteiger partial charge in [-0.05, 0) is 136 Å². The number of unbranched alkanes of at least 4 members (excludes halogenated alkanes) is 4. The van der Waals surface area contributed by atoms with Crippen molar-refractivity contribution in [3.63, 3.8) is 0 Å². The topological polar surface area (TPSA) is 114 Å². The number of benzene rings is 4. The zero-order chi connectivity index (χ0) is 41.0. The van der Waals surface area contributed by atoms with Gasteiger partial charge in [-0.15, -0.1) is 0 Å². The van der Waals surface area contributed by atoms with Crippen LogP contribution in [0.25, 0.3) is 0 Å². The normalized spacial score (nSPS) is 15.4. The summed E-state index contributed by atoms with van der Waals surface area (Å²) >= 11 is 0. The number of amides is 2. The van der Waals surface area contributed by atoms with E-state index in [1.165, 1.54) is 62.7 Å². The average Bonchev–Trinajstić information content (AvgIpc) is 3.26. The first-order chi connectivity index (χ1) is 28.4. The summed E-state index contributed by atoms with van der Waals surface area (Å²) in [7, 11) is 0. The van der Waals surface area contributed by atoms with Gasteiger partial charge in [-0.3, -0.25) is 9.59 Å². The maximum Gasteiger partial charge on any atom is 0.251 e. The molecule has 0 bridgehead atoms. The van der Waals surface area contributed by atoms with Gasteiger partial charge in [0.2, 0.25) is 0 Å². The summed E-state index contributed by atoms with van der Waals surface area (Å²) < 4.78 is 0. The van der Waals surface area contributed by atoms with Crippen molar-refractivity contribution in [3.05, 3.63) is 108 Å². The van der Waals surface area contributed by atoms with Crippen LogP contribution in [0.2, 0.25) is 0 Å². The molecule has 1 fully saturated rings. The van der Waals surface area contributed by atoms with Gasteiger partial charge in [0.1, 0.15) is 0 Å². The Kier molecular flexibility index (Phi) is 17.9. The van der Waals surface area contributed by atoms with E-state index in [4.69, 9.17) is 0 Å². The fourth-order valence-electron chi connectivity index (χ4n) is 7.17. The van der Waals surface area contributed by atoms with Crippen LogP contribution in [0.15, 0.2) is 118 Å². The molecule has 0 heterocycles. The lowest BCUT2D eigenvalue weighted by Crippen LogP contribution is -2.53. The molecule has 0 aliphatic heterocycles.